The van der Waals surface area contributed by atoms with Gasteiger partial charge in [-0.05, 0) is 59.3 Å². The molecule has 2 heterocycles. The monoisotopic (exact) mass is 296 g/mol. The Morgan fingerprint density at radius 1 is 1.14 bits per heavy atom. The molecule has 2 rings (SSSR count). The predicted octanol–water partition coefficient (Wildman–Crippen LogP) is 3.55. The van der Waals surface area contributed by atoms with Gasteiger partial charge in [-0.2, -0.15) is 0 Å². The summed E-state index contributed by atoms with van der Waals surface area (Å²) >= 11 is 0. The molecule has 0 aromatic heterocycles. The highest BCUT2D eigenvalue weighted by molar-refractivity contribution is 5.69. The van der Waals surface area contributed by atoms with Crippen molar-refractivity contribution in [2.24, 2.45) is 5.92 Å². The van der Waals surface area contributed by atoms with Gasteiger partial charge in [0.05, 0.1) is 0 Å². The first-order valence-corrected chi connectivity index (χ1v) is 8.44. The molecular formula is C17H32N2O2. The number of piperidine rings is 1. The van der Waals surface area contributed by atoms with Crippen molar-refractivity contribution >= 4 is 6.09 Å². The van der Waals surface area contributed by atoms with E-state index < -0.39 is 5.60 Å². The van der Waals surface area contributed by atoms with Crippen LogP contribution in [0.25, 0.3) is 0 Å². The molecule has 3 unspecified atom stereocenters. The summed E-state index contributed by atoms with van der Waals surface area (Å²) in [6.45, 7) is 12.6. The Hall–Kier alpha value is -0.770. The molecule has 1 amide bonds. The first kappa shape index (κ1) is 16.6. The van der Waals surface area contributed by atoms with E-state index in [1.165, 1.54) is 0 Å². The molecule has 4 nitrogen and oxygen atoms in total. The van der Waals surface area contributed by atoms with Gasteiger partial charge in [0.15, 0.2) is 0 Å². The number of carbonyl (C=O) groups is 1. The second kappa shape index (κ2) is 6.15. The van der Waals surface area contributed by atoms with Crippen molar-refractivity contribution in [3.05, 3.63) is 0 Å². The Labute approximate surface area is 129 Å². The maximum Gasteiger partial charge on any atom is 0.410 e. The number of rotatable bonds is 3. The molecular weight excluding hydrogens is 264 g/mol. The van der Waals surface area contributed by atoms with Crippen molar-refractivity contribution in [3.63, 3.8) is 0 Å². The quantitative estimate of drug-likeness (QED) is 0.866. The summed E-state index contributed by atoms with van der Waals surface area (Å²) in [7, 11) is 0. The Morgan fingerprint density at radius 3 is 2.10 bits per heavy atom. The van der Waals surface area contributed by atoms with Gasteiger partial charge in [-0.3, -0.25) is 0 Å². The molecule has 4 heteroatoms. The van der Waals surface area contributed by atoms with E-state index in [0.29, 0.717) is 30.1 Å². The number of nitrogens with one attached hydrogen (secondary N) is 1. The largest absolute Gasteiger partial charge is 0.444 e. The van der Waals surface area contributed by atoms with E-state index in [2.05, 4.69) is 26.1 Å². The van der Waals surface area contributed by atoms with Crippen LogP contribution in [0.1, 0.15) is 67.2 Å². The molecule has 0 spiro atoms. The second-order valence-electron chi connectivity index (χ2n) is 8.14. The van der Waals surface area contributed by atoms with Crippen molar-refractivity contribution in [1.29, 1.82) is 0 Å². The zero-order valence-corrected chi connectivity index (χ0v) is 14.5. The van der Waals surface area contributed by atoms with Crippen LogP contribution in [0.4, 0.5) is 4.79 Å². The molecule has 122 valence electrons. The first-order valence-electron chi connectivity index (χ1n) is 8.44. The van der Waals surface area contributed by atoms with Crippen LogP contribution in [0.15, 0.2) is 0 Å². The summed E-state index contributed by atoms with van der Waals surface area (Å²) in [5.74, 6) is 0.645. The topological polar surface area (TPSA) is 41.6 Å². The predicted molar refractivity (Wildman–Crippen MR) is 85.3 cm³/mol. The van der Waals surface area contributed by atoms with Crippen LogP contribution in [0.3, 0.4) is 0 Å². The smallest absolute Gasteiger partial charge is 0.410 e. The first-order chi connectivity index (χ1) is 9.67. The van der Waals surface area contributed by atoms with Crippen molar-refractivity contribution in [3.8, 4) is 0 Å². The summed E-state index contributed by atoms with van der Waals surface area (Å²) in [6.07, 6.45) is 4.25. The van der Waals surface area contributed by atoms with Crippen molar-refractivity contribution < 1.29 is 9.53 Å². The molecule has 0 aromatic carbocycles. The van der Waals surface area contributed by atoms with E-state index in [-0.39, 0.29) is 6.09 Å². The Bertz CT molecular complexity index is 361. The third-order valence-electron chi connectivity index (χ3n) is 4.84. The normalized spacial score (nSPS) is 30.6. The molecule has 0 radical (unpaired) electrons. The summed E-state index contributed by atoms with van der Waals surface area (Å²) in [5, 5.41) is 3.75. The van der Waals surface area contributed by atoms with E-state index in [1.54, 1.807) is 0 Å². The van der Waals surface area contributed by atoms with E-state index in [9.17, 15) is 4.79 Å². The van der Waals surface area contributed by atoms with Crippen LogP contribution in [0.2, 0.25) is 0 Å². The van der Waals surface area contributed by atoms with Gasteiger partial charge in [-0.1, -0.05) is 13.8 Å². The average molecular weight is 296 g/mol. The summed E-state index contributed by atoms with van der Waals surface area (Å²) in [6, 6.07) is 1.78. The van der Waals surface area contributed by atoms with Gasteiger partial charge in [0, 0.05) is 24.2 Å². The van der Waals surface area contributed by atoms with Crippen molar-refractivity contribution in [2.45, 2.75) is 97.0 Å². The van der Waals surface area contributed by atoms with Crippen LogP contribution < -0.4 is 5.32 Å². The fourth-order valence-electron chi connectivity index (χ4n) is 3.49. The van der Waals surface area contributed by atoms with Crippen LogP contribution in [-0.4, -0.2) is 40.8 Å². The highest BCUT2D eigenvalue weighted by Gasteiger charge is 2.44. The van der Waals surface area contributed by atoms with Gasteiger partial charge in [0.2, 0.25) is 0 Å². The maximum absolute atomic E-state index is 12.4. The lowest BCUT2D eigenvalue weighted by Crippen LogP contribution is -2.54. The molecule has 0 aliphatic carbocycles. The zero-order valence-electron chi connectivity index (χ0n) is 14.5. The molecule has 0 saturated carbocycles. The van der Waals surface area contributed by atoms with Crippen molar-refractivity contribution in [1.82, 2.24) is 10.2 Å². The van der Waals surface area contributed by atoms with Crippen LogP contribution in [0.5, 0.6) is 0 Å². The minimum atomic E-state index is -0.405. The SMILES string of the molecule is CC(C)C(C)NC1CC2CCC(C1)N2C(=O)OC(C)(C)C. The number of carbonyl (C=O) groups excluding carboxylic acids is 1. The molecule has 2 saturated heterocycles. The van der Waals surface area contributed by atoms with Gasteiger partial charge >= 0.3 is 6.09 Å². The number of nitrogens with zero attached hydrogens (tertiary/aromatic N) is 1. The molecule has 2 aliphatic heterocycles. The molecule has 2 bridgehead atoms. The van der Waals surface area contributed by atoms with E-state index in [1.807, 2.05) is 25.7 Å². The van der Waals surface area contributed by atoms with Crippen LogP contribution >= 0.6 is 0 Å². The molecule has 0 aromatic rings. The van der Waals surface area contributed by atoms with E-state index in [4.69, 9.17) is 4.74 Å². The number of amides is 1. The third kappa shape index (κ3) is 4.12. The lowest BCUT2D eigenvalue weighted by Gasteiger charge is -2.41. The minimum Gasteiger partial charge on any atom is -0.444 e. The zero-order chi connectivity index (χ0) is 15.8. The molecule has 2 aliphatic rings. The Morgan fingerprint density at radius 2 is 1.67 bits per heavy atom. The Balaban J connectivity index is 1.94. The molecule has 21 heavy (non-hydrogen) atoms. The van der Waals surface area contributed by atoms with Gasteiger partial charge in [-0.25, -0.2) is 4.79 Å². The lowest BCUT2D eigenvalue weighted by molar-refractivity contribution is 0.00413. The fraction of sp³-hybridized carbons (Fsp3) is 0.941. The van der Waals surface area contributed by atoms with Gasteiger partial charge < -0.3 is 15.0 Å². The third-order valence-corrected chi connectivity index (χ3v) is 4.84. The number of fused-ring (bicyclic) bond motifs is 2. The van der Waals surface area contributed by atoms with Crippen LogP contribution in [0, 0.1) is 5.92 Å². The highest BCUT2D eigenvalue weighted by Crippen LogP contribution is 2.37. The molecule has 3 atom stereocenters. The fourth-order valence-corrected chi connectivity index (χ4v) is 3.49. The van der Waals surface area contributed by atoms with E-state index >= 15 is 0 Å². The highest BCUT2D eigenvalue weighted by atomic mass is 16.6. The lowest BCUT2D eigenvalue weighted by atomic mass is 9.95. The Kier molecular flexibility index (Phi) is 4.86. The standard InChI is InChI=1S/C17H32N2O2/c1-11(2)12(3)18-13-9-14-7-8-15(10-13)19(14)16(20)21-17(4,5)6/h11-15,18H,7-10H2,1-6H3. The summed E-state index contributed by atoms with van der Waals surface area (Å²) in [4.78, 5) is 14.4. The maximum atomic E-state index is 12.4. The van der Waals surface area contributed by atoms with Gasteiger partial charge in [-0.15, -0.1) is 0 Å². The summed E-state index contributed by atoms with van der Waals surface area (Å²) in [5.41, 5.74) is -0.405. The molecule has 2 fully saturated rings. The van der Waals surface area contributed by atoms with E-state index in [0.717, 1.165) is 25.7 Å². The van der Waals surface area contributed by atoms with Gasteiger partial charge in [0.25, 0.3) is 0 Å². The van der Waals surface area contributed by atoms with Gasteiger partial charge in [0.1, 0.15) is 5.60 Å². The van der Waals surface area contributed by atoms with Crippen molar-refractivity contribution in [2.75, 3.05) is 0 Å². The number of hydrogen-bond acceptors (Lipinski definition) is 3. The minimum absolute atomic E-state index is 0.120. The second-order valence-corrected chi connectivity index (χ2v) is 8.14. The van der Waals surface area contributed by atoms with Crippen LogP contribution in [-0.2, 0) is 4.74 Å². The average Bonchev–Trinajstić information content (AvgIpc) is 2.59. The number of ether oxygens (including phenoxy) is 1. The number of hydrogen-bond donors (Lipinski definition) is 1. The molecule has 1 N–H and O–H groups in total. The summed E-state index contributed by atoms with van der Waals surface area (Å²) < 4.78 is 5.58.